The van der Waals surface area contributed by atoms with Crippen molar-refractivity contribution in [2.75, 3.05) is 23.7 Å². The van der Waals surface area contributed by atoms with E-state index in [1.807, 2.05) is 12.1 Å². The van der Waals surface area contributed by atoms with Crippen LogP contribution in [0.25, 0.3) is 0 Å². The fraction of sp³-hybridized carbons (Fsp3) is 0.333. The van der Waals surface area contributed by atoms with E-state index in [1.54, 1.807) is 6.07 Å². The van der Waals surface area contributed by atoms with Gasteiger partial charge in [0.2, 0.25) is 0 Å². The molecule has 2 aromatic rings. The second-order valence-corrected chi connectivity index (χ2v) is 6.24. The Hall–Kier alpha value is -1.87. The molecule has 116 valence electrons. The van der Waals surface area contributed by atoms with Crippen molar-refractivity contribution in [1.29, 1.82) is 0 Å². The maximum absolute atomic E-state index is 6.17. The van der Waals surface area contributed by atoms with E-state index in [1.165, 1.54) is 11.3 Å². The molecule has 0 amide bonds. The minimum Gasteiger partial charge on any atom is -0.489 e. The van der Waals surface area contributed by atoms with E-state index in [2.05, 4.69) is 36.1 Å². The Morgan fingerprint density at radius 1 is 1.09 bits per heavy atom. The molecule has 1 aliphatic rings. The molecule has 0 saturated carbocycles. The number of halogens is 1. The molecule has 2 N–H and O–H groups in total. The van der Waals surface area contributed by atoms with Crippen LogP contribution in [0.15, 0.2) is 42.5 Å². The van der Waals surface area contributed by atoms with E-state index in [4.69, 9.17) is 22.1 Å². The third-order valence-corrected chi connectivity index (χ3v) is 4.39. The van der Waals surface area contributed by atoms with Crippen LogP contribution in [0.4, 0.5) is 11.4 Å². The molecule has 1 fully saturated rings. The van der Waals surface area contributed by atoms with Crippen molar-refractivity contribution in [3.8, 4) is 5.75 Å². The zero-order valence-electron chi connectivity index (χ0n) is 12.8. The summed E-state index contributed by atoms with van der Waals surface area (Å²) in [5, 5.41) is 0.584. The van der Waals surface area contributed by atoms with Gasteiger partial charge < -0.3 is 15.4 Å². The predicted molar refractivity (Wildman–Crippen MR) is 92.9 cm³/mol. The first kappa shape index (κ1) is 15.0. The Morgan fingerprint density at radius 2 is 1.77 bits per heavy atom. The van der Waals surface area contributed by atoms with Crippen molar-refractivity contribution in [3.63, 3.8) is 0 Å². The number of nitrogen functional groups attached to an aromatic ring is 1. The highest BCUT2D eigenvalue weighted by atomic mass is 35.5. The first-order valence-electron chi connectivity index (χ1n) is 7.65. The summed E-state index contributed by atoms with van der Waals surface area (Å²) in [7, 11) is 0. The van der Waals surface area contributed by atoms with E-state index in [0.717, 1.165) is 31.7 Å². The van der Waals surface area contributed by atoms with Crippen LogP contribution in [-0.2, 0) is 0 Å². The zero-order valence-corrected chi connectivity index (χ0v) is 13.5. The molecule has 1 aliphatic heterocycles. The summed E-state index contributed by atoms with van der Waals surface area (Å²) in [6.45, 7) is 4.11. The third-order valence-electron chi connectivity index (χ3n) is 4.09. The SMILES string of the molecule is Cc1ccc(N2CCC(Oc3ccc(N)cc3Cl)CC2)cc1. The second-order valence-electron chi connectivity index (χ2n) is 5.83. The first-order valence-corrected chi connectivity index (χ1v) is 8.03. The number of hydrogen-bond donors (Lipinski definition) is 1. The number of nitrogens with zero attached hydrogens (tertiary/aromatic N) is 1. The smallest absolute Gasteiger partial charge is 0.138 e. The highest BCUT2D eigenvalue weighted by Crippen LogP contribution is 2.30. The lowest BCUT2D eigenvalue weighted by Gasteiger charge is -2.34. The molecule has 0 unspecified atom stereocenters. The lowest BCUT2D eigenvalue weighted by molar-refractivity contribution is 0.171. The number of hydrogen-bond acceptors (Lipinski definition) is 3. The van der Waals surface area contributed by atoms with Gasteiger partial charge in [0, 0.05) is 37.3 Å². The summed E-state index contributed by atoms with van der Waals surface area (Å²) in [4.78, 5) is 2.41. The van der Waals surface area contributed by atoms with Crippen LogP contribution in [-0.4, -0.2) is 19.2 Å². The summed E-state index contributed by atoms with van der Waals surface area (Å²) in [5.74, 6) is 0.727. The molecule has 0 atom stereocenters. The highest BCUT2D eigenvalue weighted by molar-refractivity contribution is 6.32. The van der Waals surface area contributed by atoms with Gasteiger partial charge >= 0.3 is 0 Å². The topological polar surface area (TPSA) is 38.5 Å². The summed E-state index contributed by atoms with van der Waals surface area (Å²) in [5.41, 5.74) is 8.94. The molecular weight excluding hydrogens is 296 g/mol. The molecule has 2 aromatic carbocycles. The van der Waals surface area contributed by atoms with Gasteiger partial charge in [0.1, 0.15) is 11.9 Å². The zero-order chi connectivity index (χ0) is 15.5. The lowest BCUT2D eigenvalue weighted by atomic mass is 10.1. The minimum absolute atomic E-state index is 0.211. The standard InChI is InChI=1S/C18H21ClN2O/c1-13-2-5-15(6-3-13)21-10-8-16(9-11-21)22-18-7-4-14(20)12-17(18)19/h2-7,12,16H,8-11,20H2,1H3. The van der Waals surface area contributed by atoms with Gasteiger partial charge in [-0.25, -0.2) is 0 Å². The van der Waals surface area contributed by atoms with E-state index >= 15 is 0 Å². The molecule has 0 bridgehead atoms. The highest BCUT2D eigenvalue weighted by Gasteiger charge is 2.21. The summed E-state index contributed by atoms with van der Waals surface area (Å²) >= 11 is 6.17. The monoisotopic (exact) mass is 316 g/mol. The molecule has 0 aliphatic carbocycles. The fourth-order valence-corrected chi connectivity index (χ4v) is 3.01. The molecule has 1 saturated heterocycles. The molecule has 0 aromatic heterocycles. The maximum Gasteiger partial charge on any atom is 0.138 e. The van der Waals surface area contributed by atoms with Crippen LogP contribution in [0.2, 0.25) is 5.02 Å². The molecular formula is C18H21ClN2O. The van der Waals surface area contributed by atoms with Gasteiger partial charge in [0.15, 0.2) is 0 Å². The van der Waals surface area contributed by atoms with Crippen molar-refractivity contribution in [2.24, 2.45) is 0 Å². The van der Waals surface area contributed by atoms with Crippen molar-refractivity contribution in [1.82, 2.24) is 0 Å². The quantitative estimate of drug-likeness (QED) is 0.859. The molecule has 3 rings (SSSR count). The fourth-order valence-electron chi connectivity index (χ4n) is 2.78. The summed E-state index contributed by atoms with van der Waals surface area (Å²) in [6, 6.07) is 14.1. The van der Waals surface area contributed by atoms with Gasteiger partial charge in [-0.1, -0.05) is 29.3 Å². The first-order chi connectivity index (χ1) is 10.6. The normalized spacial score (nSPS) is 15.8. The van der Waals surface area contributed by atoms with Crippen molar-refractivity contribution in [2.45, 2.75) is 25.9 Å². The lowest BCUT2D eigenvalue weighted by Crippen LogP contribution is -2.38. The van der Waals surface area contributed by atoms with Crippen LogP contribution in [0, 0.1) is 6.92 Å². The number of ether oxygens (including phenoxy) is 1. The molecule has 4 heteroatoms. The Labute approximate surface area is 136 Å². The van der Waals surface area contributed by atoms with Crippen molar-refractivity contribution < 1.29 is 4.74 Å². The summed E-state index contributed by atoms with van der Waals surface area (Å²) in [6.07, 6.45) is 2.20. The number of rotatable bonds is 3. The van der Waals surface area contributed by atoms with Gasteiger partial charge in [-0.05, 0) is 37.3 Å². The average Bonchev–Trinajstić information content (AvgIpc) is 2.52. The van der Waals surface area contributed by atoms with Gasteiger partial charge in [-0.2, -0.15) is 0 Å². The van der Waals surface area contributed by atoms with E-state index in [0.29, 0.717) is 10.7 Å². The number of aryl methyl sites for hydroxylation is 1. The van der Waals surface area contributed by atoms with Gasteiger partial charge in [-0.3, -0.25) is 0 Å². The van der Waals surface area contributed by atoms with E-state index in [-0.39, 0.29) is 6.10 Å². The Bertz CT molecular complexity index is 634. The number of nitrogens with two attached hydrogens (primary N) is 1. The van der Waals surface area contributed by atoms with Crippen LogP contribution >= 0.6 is 11.6 Å². The van der Waals surface area contributed by atoms with Crippen molar-refractivity contribution >= 4 is 23.0 Å². The molecule has 0 spiro atoms. The van der Waals surface area contributed by atoms with E-state index < -0.39 is 0 Å². The van der Waals surface area contributed by atoms with Gasteiger partial charge in [-0.15, -0.1) is 0 Å². The molecule has 0 radical (unpaired) electrons. The largest absolute Gasteiger partial charge is 0.489 e. The minimum atomic E-state index is 0.211. The van der Waals surface area contributed by atoms with E-state index in [9.17, 15) is 0 Å². The van der Waals surface area contributed by atoms with Crippen molar-refractivity contribution in [3.05, 3.63) is 53.1 Å². The van der Waals surface area contributed by atoms with Crippen LogP contribution in [0.3, 0.4) is 0 Å². The number of benzene rings is 2. The van der Waals surface area contributed by atoms with Crippen LogP contribution in [0.1, 0.15) is 18.4 Å². The maximum atomic E-state index is 6.17. The van der Waals surface area contributed by atoms with Crippen LogP contribution in [0.5, 0.6) is 5.75 Å². The van der Waals surface area contributed by atoms with Gasteiger partial charge in [0.05, 0.1) is 5.02 Å². The number of anilines is 2. The third kappa shape index (κ3) is 3.47. The van der Waals surface area contributed by atoms with Gasteiger partial charge in [0.25, 0.3) is 0 Å². The Balaban J connectivity index is 1.58. The summed E-state index contributed by atoms with van der Waals surface area (Å²) < 4.78 is 6.03. The Morgan fingerprint density at radius 3 is 2.41 bits per heavy atom. The molecule has 3 nitrogen and oxygen atoms in total. The second kappa shape index (κ2) is 6.49. The van der Waals surface area contributed by atoms with Crippen LogP contribution < -0.4 is 15.4 Å². The molecule has 22 heavy (non-hydrogen) atoms. The molecule has 1 heterocycles. The average molecular weight is 317 g/mol. The predicted octanol–water partition coefficient (Wildman–Crippen LogP) is 4.28. The number of piperidine rings is 1. The Kier molecular flexibility index (Phi) is 4.44.